The molecule has 0 aliphatic heterocycles. The number of nitrogens with zero attached hydrogens (tertiary/aromatic N) is 4. The molecule has 3 aromatic rings. The van der Waals surface area contributed by atoms with Gasteiger partial charge in [0.2, 0.25) is 0 Å². The second-order valence-electron chi connectivity index (χ2n) is 7.43. The second kappa shape index (κ2) is 7.88. The Hall–Kier alpha value is -2.73. The largest absolute Gasteiger partial charge is 0.344 e. The number of pyridine rings is 1. The summed E-state index contributed by atoms with van der Waals surface area (Å²) < 4.78 is 1.85. The van der Waals surface area contributed by atoms with E-state index in [4.69, 9.17) is 0 Å². The molecule has 1 aromatic carbocycles. The van der Waals surface area contributed by atoms with Crippen LogP contribution in [0.25, 0.3) is 11.0 Å². The first-order valence-electron chi connectivity index (χ1n) is 9.22. The molecule has 27 heavy (non-hydrogen) atoms. The van der Waals surface area contributed by atoms with Gasteiger partial charge in [-0.05, 0) is 46.5 Å². The van der Waals surface area contributed by atoms with Crippen molar-refractivity contribution in [3.8, 4) is 0 Å². The van der Waals surface area contributed by atoms with E-state index in [-0.39, 0.29) is 18.0 Å². The van der Waals surface area contributed by atoms with Gasteiger partial charge < -0.3 is 10.2 Å². The third-order valence-electron chi connectivity index (χ3n) is 4.48. The number of aryl methyl sites for hydroxylation is 1. The number of benzene rings is 1. The molecule has 1 amide bonds. The lowest BCUT2D eigenvalue weighted by Crippen LogP contribution is -2.35. The van der Waals surface area contributed by atoms with E-state index in [0.717, 1.165) is 22.3 Å². The Labute approximate surface area is 160 Å². The van der Waals surface area contributed by atoms with Crippen LogP contribution in [0, 0.1) is 6.92 Å². The molecule has 0 aliphatic rings. The fourth-order valence-corrected chi connectivity index (χ4v) is 3.23. The van der Waals surface area contributed by atoms with E-state index in [1.165, 1.54) is 0 Å². The molecular formula is C21H27N5O. The lowest BCUT2D eigenvalue weighted by Gasteiger charge is -2.23. The monoisotopic (exact) mass is 365 g/mol. The van der Waals surface area contributed by atoms with Crippen LogP contribution in [0.15, 0.2) is 42.6 Å². The number of nitrogens with one attached hydrogen (secondary N) is 1. The molecule has 0 radical (unpaired) electrons. The molecule has 1 atom stereocenters. The molecule has 3 rings (SSSR count). The van der Waals surface area contributed by atoms with Gasteiger partial charge in [0.25, 0.3) is 5.91 Å². The van der Waals surface area contributed by atoms with Crippen molar-refractivity contribution in [2.24, 2.45) is 0 Å². The fourth-order valence-electron chi connectivity index (χ4n) is 3.23. The number of hydrogen-bond donors (Lipinski definition) is 1. The summed E-state index contributed by atoms with van der Waals surface area (Å²) in [6.07, 6.45) is 1.74. The zero-order valence-corrected chi connectivity index (χ0v) is 16.6. The minimum absolute atomic E-state index is 0.0997. The molecular weight excluding hydrogens is 338 g/mol. The van der Waals surface area contributed by atoms with Crippen LogP contribution < -0.4 is 5.32 Å². The molecule has 0 fully saturated rings. The van der Waals surface area contributed by atoms with Crippen molar-refractivity contribution < 1.29 is 4.79 Å². The van der Waals surface area contributed by atoms with E-state index < -0.39 is 0 Å². The zero-order chi connectivity index (χ0) is 19.6. The van der Waals surface area contributed by atoms with Crippen molar-refractivity contribution >= 4 is 16.9 Å². The van der Waals surface area contributed by atoms with Crippen LogP contribution in [0.5, 0.6) is 0 Å². The molecule has 0 bridgehead atoms. The van der Waals surface area contributed by atoms with Crippen LogP contribution in [-0.4, -0.2) is 46.2 Å². The molecule has 142 valence electrons. The molecule has 1 N–H and O–H groups in total. The van der Waals surface area contributed by atoms with E-state index >= 15 is 0 Å². The van der Waals surface area contributed by atoms with Gasteiger partial charge in [-0.25, -0.2) is 9.67 Å². The first-order valence-corrected chi connectivity index (χ1v) is 9.22. The third kappa shape index (κ3) is 4.17. The Morgan fingerprint density at radius 2 is 1.93 bits per heavy atom. The molecule has 6 heteroatoms. The smallest absolute Gasteiger partial charge is 0.252 e. The standard InChI is InChI=1S/C21H27N5O/c1-14(2)26-20-18(12-22-26)17(11-15(3)23-20)21(27)24-19(13-25(4)5)16-9-7-6-8-10-16/h6-12,14,19H,13H2,1-5H3,(H,24,27). The molecule has 1 unspecified atom stereocenters. The molecule has 0 saturated carbocycles. The number of aromatic nitrogens is 3. The number of carbonyl (C=O) groups excluding carboxylic acids is 1. The van der Waals surface area contributed by atoms with Gasteiger partial charge in [0.15, 0.2) is 5.65 Å². The van der Waals surface area contributed by atoms with Crippen molar-refractivity contribution in [1.82, 2.24) is 25.0 Å². The highest BCUT2D eigenvalue weighted by molar-refractivity contribution is 6.05. The third-order valence-corrected chi connectivity index (χ3v) is 4.48. The van der Waals surface area contributed by atoms with Crippen LogP contribution in [0.2, 0.25) is 0 Å². The van der Waals surface area contributed by atoms with Gasteiger partial charge >= 0.3 is 0 Å². The van der Waals surface area contributed by atoms with Crippen LogP contribution in [-0.2, 0) is 0 Å². The maximum atomic E-state index is 13.2. The van der Waals surface area contributed by atoms with Gasteiger partial charge in [-0.1, -0.05) is 30.3 Å². The predicted octanol–water partition coefficient (Wildman–Crippen LogP) is 3.35. The lowest BCUT2D eigenvalue weighted by molar-refractivity contribution is 0.0931. The van der Waals surface area contributed by atoms with Gasteiger partial charge in [-0.2, -0.15) is 5.10 Å². The average Bonchev–Trinajstić information content (AvgIpc) is 3.04. The zero-order valence-electron chi connectivity index (χ0n) is 16.6. The Balaban J connectivity index is 1.97. The van der Waals surface area contributed by atoms with Crippen LogP contribution in [0.1, 0.15) is 47.5 Å². The van der Waals surface area contributed by atoms with E-state index in [0.29, 0.717) is 12.1 Å². The first kappa shape index (κ1) is 19.0. The number of amides is 1. The maximum absolute atomic E-state index is 13.2. The Kier molecular flexibility index (Phi) is 5.56. The Morgan fingerprint density at radius 3 is 2.56 bits per heavy atom. The summed E-state index contributed by atoms with van der Waals surface area (Å²) in [4.78, 5) is 19.8. The average molecular weight is 365 g/mol. The van der Waals surface area contributed by atoms with Crippen molar-refractivity contribution in [1.29, 1.82) is 0 Å². The Morgan fingerprint density at radius 1 is 1.22 bits per heavy atom. The summed E-state index contributed by atoms with van der Waals surface area (Å²) in [6, 6.07) is 12.0. The summed E-state index contributed by atoms with van der Waals surface area (Å²) in [7, 11) is 4.01. The first-order chi connectivity index (χ1) is 12.9. The molecule has 0 spiro atoms. The van der Waals surface area contributed by atoms with E-state index in [9.17, 15) is 4.79 Å². The molecule has 0 saturated heterocycles. The van der Waals surface area contributed by atoms with Gasteiger partial charge in [0.1, 0.15) is 0 Å². The van der Waals surface area contributed by atoms with Crippen molar-refractivity contribution in [2.75, 3.05) is 20.6 Å². The van der Waals surface area contributed by atoms with E-state index in [1.54, 1.807) is 6.20 Å². The minimum atomic E-state index is -0.107. The topological polar surface area (TPSA) is 63.1 Å². The summed E-state index contributed by atoms with van der Waals surface area (Å²) in [5.74, 6) is -0.107. The van der Waals surface area contributed by atoms with Crippen molar-refractivity contribution in [2.45, 2.75) is 32.9 Å². The Bertz CT molecular complexity index is 930. The summed E-state index contributed by atoms with van der Waals surface area (Å²) in [6.45, 7) is 6.73. The number of fused-ring (bicyclic) bond motifs is 1. The number of hydrogen-bond acceptors (Lipinski definition) is 4. The highest BCUT2D eigenvalue weighted by atomic mass is 16.1. The molecule has 2 heterocycles. The quantitative estimate of drug-likeness (QED) is 0.728. The van der Waals surface area contributed by atoms with Crippen LogP contribution in [0.3, 0.4) is 0 Å². The van der Waals surface area contributed by atoms with Gasteiger partial charge in [0, 0.05) is 18.3 Å². The lowest BCUT2D eigenvalue weighted by atomic mass is 10.1. The summed E-state index contributed by atoms with van der Waals surface area (Å²) in [5, 5.41) is 8.40. The van der Waals surface area contributed by atoms with Gasteiger partial charge in [0.05, 0.1) is 23.2 Å². The van der Waals surface area contributed by atoms with Crippen molar-refractivity contribution in [3.63, 3.8) is 0 Å². The van der Waals surface area contributed by atoms with Crippen LogP contribution in [0.4, 0.5) is 0 Å². The number of rotatable bonds is 6. The van der Waals surface area contributed by atoms with Gasteiger partial charge in [-0.3, -0.25) is 4.79 Å². The van der Waals surface area contributed by atoms with E-state index in [1.807, 2.05) is 62.1 Å². The highest BCUT2D eigenvalue weighted by Crippen LogP contribution is 2.22. The fraction of sp³-hybridized carbons (Fsp3) is 0.381. The summed E-state index contributed by atoms with van der Waals surface area (Å²) in [5.41, 5.74) is 3.25. The predicted molar refractivity (Wildman–Crippen MR) is 108 cm³/mol. The normalized spacial score (nSPS) is 12.7. The SMILES string of the molecule is Cc1cc(C(=O)NC(CN(C)C)c2ccccc2)c2cnn(C(C)C)c2n1. The highest BCUT2D eigenvalue weighted by Gasteiger charge is 2.21. The number of likely N-dealkylation sites (N-methyl/N-ethyl adjacent to an activating group) is 1. The van der Waals surface area contributed by atoms with Crippen LogP contribution >= 0.6 is 0 Å². The molecule has 0 aliphatic carbocycles. The number of carbonyl (C=O) groups is 1. The van der Waals surface area contributed by atoms with Crippen molar-refractivity contribution in [3.05, 3.63) is 59.4 Å². The second-order valence-corrected chi connectivity index (χ2v) is 7.43. The molecule has 2 aromatic heterocycles. The van der Waals surface area contributed by atoms with E-state index in [2.05, 4.69) is 34.1 Å². The maximum Gasteiger partial charge on any atom is 0.252 e. The minimum Gasteiger partial charge on any atom is -0.344 e. The molecule has 6 nitrogen and oxygen atoms in total. The summed E-state index contributed by atoms with van der Waals surface area (Å²) >= 11 is 0. The van der Waals surface area contributed by atoms with Gasteiger partial charge in [-0.15, -0.1) is 0 Å².